The summed E-state index contributed by atoms with van der Waals surface area (Å²) >= 11 is 0. The van der Waals surface area contributed by atoms with Gasteiger partial charge in [-0.3, -0.25) is 4.79 Å². The SMILES string of the molecule is C/C=C/Cc1ccc(OC(C)=O)cc1. The Balaban J connectivity index is 2.63. The normalized spacial score (nSPS) is 10.4. The number of hydrogen-bond donors (Lipinski definition) is 0. The minimum absolute atomic E-state index is 0.286. The molecular weight excluding hydrogens is 176 g/mol. The Morgan fingerprint density at radius 3 is 2.50 bits per heavy atom. The number of esters is 1. The molecule has 0 aliphatic carbocycles. The topological polar surface area (TPSA) is 26.3 Å². The summed E-state index contributed by atoms with van der Waals surface area (Å²) in [4.78, 5) is 10.6. The molecule has 0 N–H and O–H groups in total. The number of carbonyl (C=O) groups excluding carboxylic acids is 1. The fourth-order valence-corrected chi connectivity index (χ4v) is 1.11. The molecular formula is C12H14O2. The van der Waals surface area contributed by atoms with Gasteiger partial charge in [-0.2, -0.15) is 0 Å². The summed E-state index contributed by atoms with van der Waals surface area (Å²) in [5.74, 6) is 0.313. The third kappa shape index (κ3) is 3.44. The first-order chi connectivity index (χ1) is 6.72. The van der Waals surface area contributed by atoms with Crippen molar-refractivity contribution in [2.45, 2.75) is 20.3 Å². The molecule has 14 heavy (non-hydrogen) atoms. The molecule has 0 heterocycles. The van der Waals surface area contributed by atoms with E-state index in [0.29, 0.717) is 5.75 Å². The molecule has 0 bridgehead atoms. The van der Waals surface area contributed by atoms with Crippen LogP contribution >= 0.6 is 0 Å². The quantitative estimate of drug-likeness (QED) is 0.416. The third-order valence-electron chi connectivity index (χ3n) is 1.77. The number of carbonyl (C=O) groups is 1. The van der Waals surface area contributed by atoms with E-state index in [1.807, 2.05) is 25.1 Å². The van der Waals surface area contributed by atoms with Gasteiger partial charge in [0.15, 0.2) is 0 Å². The molecule has 0 unspecified atom stereocenters. The highest BCUT2D eigenvalue weighted by molar-refractivity contribution is 5.69. The summed E-state index contributed by atoms with van der Waals surface area (Å²) in [6, 6.07) is 7.52. The van der Waals surface area contributed by atoms with Crippen LogP contribution in [0.5, 0.6) is 5.75 Å². The van der Waals surface area contributed by atoms with E-state index in [0.717, 1.165) is 6.42 Å². The predicted octanol–water partition coefficient (Wildman–Crippen LogP) is 2.73. The Morgan fingerprint density at radius 1 is 1.36 bits per heavy atom. The van der Waals surface area contributed by atoms with Crippen molar-refractivity contribution in [3.8, 4) is 5.75 Å². The van der Waals surface area contributed by atoms with Gasteiger partial charge >= 0.3 is 5.97 Å². The van der Waals surface area contributed by atoms with Crippen molar-refractivity contribution in [1.29, 1.82) is 0 Å². The molecule has 0 spiro atoms. The smallest absolute Gasteiger partial charge is 0.308 e. The Kier molecular flexibility index (Phi) is 3.92. The Bertz CT molecular complexity index is 323. The lowest BCUT2D eigenvalue weighted by atomic mass is 10.1. The molecule has 2 heteroatoms. The van der Waals surface area contributed by atoms with Crippen LogP contribution in [0.15, 0.2) is 36.4 Å². The van der Waals surface area contributed by atoms with Crippen molar-refractivity contribution in [1.82, 2.24) is 0 Å². The highest BCUT2D eigenvalue weighted by Gasteiger charge is 1.96. The maximum Gasteiger partial charge on any atom is 0.308 e. The Morgan fingerprint density at radius 2 is 2.00 bits per heavy atom. The average Bonchev–Trinajstić information content (AvgIpc) is 2.16. The minimum Gasteiger partial charge on any atom is -0.427 e. The van der Waals surface area contributed by atoms with Crippen molar-refractivity contribution in [2.75, 3.05) is 0 Å². The molecule has 2 nitrogen and oxygen atoms in total. The molecule has 0 radical (unpaired) electrons. The molecule has 0 aromatic heterocycles. The summed E-state index contributed by atoms with van der Waals surface area (Å²) in [5, 5.41) is 0. The van der Waals surface area contributed by atoms with Crippen LogP contribution < -0.4 is 4.74 Å². The minimum atomic E-state index is -0.286. The van der Waals surface area contributed by atoms with Crippen LogP contribution in [0.25, 0.3) is 0 Å². The zero-order valence-corrected chi connectivity index (χ0v) is 8.49. The van der Waals surface area contributed by atoms with E-state index < -0.39 is 0 Å². The third-order valence-corrected chi connectivity index (χ3v) is 1.77. The first kappa shape index (κ1) is 10.5. The number of rotatable bonds is 3. The maximum absolute atomic E-state index is 10.6. The van der Waals surface area contributed by atoms with E-state index in [1.54, 1.807) is 12.1 Å². The summed E-state index contributed by atoms with van der Waals surface area (Å²) < 4.78 is 4.92. The summed E-state index contributed by atoms with van der Waals surface area (Å²) in [6.07, 6.45) is 5.01. The van der Waals surface area contributed by atoms with Crippen molar-refractivity contribution >= 4 is 5.97 Å². The summed E-state index contributed by atoms with van der Waals surface area (Å²) in [5.41, 5.74) is 1.21. The van der Waals surface area contributed by atoms with Crippen LogP contribution in [0.3, 0.4) is 0 Å². The molecule has 0 amide bonds. The van der Waals surface area contributed by atoms with Crippen LogP contribution in [0.1, 0.15) is 19.4 Å². The van der Waals surface area contributed by atoms with E-state index in [9.17, 15) is 4.79 Å². The van der Waals surface area contributed by atoms with Crippen molar-refractivity contribution in [2.24, 2.45) is 0 Å². The highest BCUT2D eigenvalue weighted by atomic mass is 16.5. The van der Waals surface area contributed by atoms with Crippen molar-refractivity contribution < 1.29 is 9.53 Å². The molecule has 74 valence electrons. The molecule has 0 atom stereocenters. The molecule has 0 aliphatic heterocycles. The molecule has 0 saturated carbocycles. The summed E-state index contributed by atoms with van der Waals surface area (Å²) in [6.45, 7) is 3.39. The average molecular weight is 190 g/mol. The lowest BCUT2D eigenvalue weighted by Gasteiger charge is -2.01. The van der Waals surface area contributed by atoms with E-state index in [1.165, 1.54) is 12.5 Å². The van der Waals surface area contributed by atoms with E-state index >= 15 is 0 Å². The van der Waals surface area contributed by atoms with Crippen molar-refractivity contribution in [3.05, 3.63) is 42.0 Å². The molecule has 0 fully saturated rings. The number of hydrogen-bond acceptors (Lipinski definition) is 2. The number of ether oxygens (including phenoxy) is 1. The molecule has 0 aliphatic rings. The van der Waals surface area contributed by atoms with E-state index in [4.69, 9.17) is 4.74 Å². The van der Waals surface area contributed by atoms with Gasteiger partial charge in [-0.05, 0) is 31.0 Å². The van der Waals surface area contributed by atoms with Gasteiger partial charge in [0.1, 0.15) is 5.75 Å². The van der Waals surface area contributed by atoms with Gasteiger partial charge in [-0.1, -0.05) is 24.3 Å². The van der Waals surface area contributed by atoms with Gasteiger partial charge in [0.05, 0.1) is 0 Å². The molecule has 1 rings (SSSR count). The second-order valence-electron chi connectivity index (χ2n) is 3.01. The van der Waals surface area contributed by atoms with Gasteiger partial charge < -0.3 is 4.74 Å². The van der Waals surface area contributed by atoms with Gasteiger partial charge in [0.25, 0.3) is 0 Å². The lowest BCUT2D eigenvalue weighted by Crippen LogP contribution is -2.00. The zero-order chi connectivity index (χ0) is 10.4. The maximum atomic E-state index is 10.6. The zero-order valence-electron chi connectivity index (χ0n) is 8.49. The van der Waals surface area contributed by atoms with Crippen LogP contribution in [-0.4, -0.2) is 5.97 Å². The van der Waals surface area contributed by atoms with Gasteiger partial charge in [0, 0.05) is 6.92 Å². The van der Waals surface area contributed by atoms with Gasteiger partial charge in [-0.25, -0.2) is 0 Å². The first-order valence-corrected chi connectivity index (χ1v) is 4.61. The van der Waals surface area contributed by atoms with Crippen LogP contribution in [-0.2, 0) is 11.2 Å². The summed E-state index contributed by atoms with van der Waals surface area (Å²) in [7, 11) is 0. The number of benzene rings is 1. The van der Waals surface area contributed by atoms with Crippen LogP contribution in [0.4, 0.5) is 0 Å². The van der Waals surface area contributed by atoms with Crippen LogP contribution in [0.2, 0.25) is 0 Å². The van der Waals surface area contributed by atoms with Gasteiger partial charge in [0.2, 0.25) is 0 Å². The second kappa shape index (κ2) is 5.22. The molecule has 0 saturated heterocycles. The van der Waals surface area contributed by atoms with Crippen LogP contribution in [0, 0.1) is 0 Å². The van der Waals surface area contributed by atoms with Crippen molar-refractivity contribution in [3.63, 3.8) is 0 Å². The Labute approximate surface area is 84.2 Å². The monoisotopic (exact) mass is 190 g/mol. The predicted molar refractivity (Wildman–Crippen MR) is 56.3 cm³/mol. The van der Waals surface area contributed by atoms with E-state index in [-0.39, 0.29) is 5.97 Å². The molecule has 1 aromatic carbocycles. The second-order valence-corrected chi connectivity index (χ2v) is 3.01. The fraction of sp³-hybridized carbons (Fsp3) is 0.250. The largest absolute Gasteiger partial charge is 0.427 e. The standard InChI is InChI=1S/C12H14O2/c1-3-4-5-11-6-8-12(9-7-11)14-10(2)13/h3-4,6-9H,5H2,1-2H3/b4-3+. The van der Waals surface area contributed by atoms with Gasteiger partial charge in [-0.15, -0.1) is 0 Å². The highest BCUT2D eigenvalue weighted by Crippen LogP contribution is 2.12. The Hall–Kier alpha value is -1.57. The lowest BCUT2D eigenvalue weighted by molar-refractivity contribution is -0.131. The molecule has 1 aromatic rings. The number of allylic oxidation sites excluding steroid dienone is 2. The van der Waals surface area contributed by atoms with E-state index in [2.05, 4.69) is 6.08 Å². The fourth-order valence-electron chi connectivity index (χ4n) is 1.11. The first-order valence-electron chi connectivity index (χ1n) is 4.61.